The topological polar surface area (TPSA) is 55.0 Å². The first-order valence-electron chi connectivity index (χ1n) is 6.44. The smallest absolute Gasteiger partial charge is 0.115 e. The summed E-state index contributed by atoms with van der Waals surface area (Å²) in [5.41, 5.74) is 7.00. The Morgan fingerprint density at radius 2 is 2.24 bits per heavy atom. The lowest BCUT2D eigenvalue weighted by Crippen LogP contribution is -2.38. The third kappa shape index (κ3) is 3.23. The second-order valence-electron chi connectivity index (χ2n) is 5.21. The third-order valence-electron chi connectivity index (χ3n) is 3.16. The largest absolute Gasteiger partial charge is 0.329 e. The van der Waals surface area contributed by atoms with Crippen LogP contribution >= 0.6 is 0 Å². The van der Waals surface area contributed by atoms with E-state index in [0.717, 1.165) is 12.2 Å². The molecule has 0 bridgehead atoms. The SMILES string of the molecule is CC(C)CN(C1CC1)C(CN)c1ccncn1. The lowest BCUT2D eigenvalue weighted by molar-refractivity contribution is 0.166. The molecule has 17 heavy (non-hydrogen) atoms. The van der Waals surface area contributed by atoms with Crippen LogP contribution in [0.15, 0.2) is 18.6 Å². The molecule has 1 fully saturated rings. The summed E-state index contributed by atoms with van der Waals surface area (Å²) in [4.78, 5) is 10.8. The van der Waals surface area contributed by atoms with Gasteiger partial charge < -0.3 is 5.73 Å². The Bertz CT molecular complexity index is 335. The highest BCUT2D eigenvalue weighted by atomic mass is 15.2. The normalized spacial score (nSPS) is 17.7. The van der Waals surface area contributed by atoms with Crippen molar-refractivity contribution in [2.24, 2.45) is 11.7 Å². The third-order valence-corrected chi connectivity index (χ3v) is 3.16. The lowest BCUT2D eigenvalue weighted by atomic mass is 10.1. The molecule has 0 aromatic carbocycles. The Hall–Kier alpha value is -1.00. The highest BCUT2D eigenvalue weighted by Gasteiger charge is 2.34. The fraction of sp³-hybridized carbons (Fsp3) is 0.692. The van der Waals surface area contributed by atoms with Crippen LogP contribution in [0.3, 0.4) is 0 Å². The molecule has 1 aromatic heterocycles. The van der Waals surface area contributed by atoms with Crippen molar-refractivity contribution in [1.82, 2.24) is 14.9 Å². The van der Waals surface area contributed by atoms with Gasteiger partial charge in [-0.15, -0.1) is 0 Å². The van der Waals surface area contributed by atoms with Crippen LogP contribution in [0, 0.1) is 5.92 Å². The summed E-state index contributed by atoms with van der Waals surface area (Å²) >= 11 is 0. The summed E-state index contributed by atoms with van der Waals surface area (Å²) in [5, 5.41) is 0. The molecule has 1 saturated carbocycles. The molecule has 1 heterocycles. The van der Waals surface area contributed by atoms with Gasteiger partial charge in [0.15, 0.2) is 0 Å². The molecular formula is C13H22N4. The van der Waals surface area contributed by atoms with E-state index in [9.17, 15) is 0 Å². The van der Waals surface area contributed by atoms with Gasteiger partial charge in [0.2, 0.25) is 0 Å². The van der Waals surface area contributed by atoms with Gasteiger partial charge in [0.1, 0.15) is 6.33 Å². The van der Waals surface area contributed by atoms with Crippen LogP contribution in [0.1, 0.15) is 38.4 Å². The van der Waals surface area contributed by atoms with E-state index >= 15 is 0 Å². The molecular weight excluding hydrogens is 212 g/mol. The van der Waals surface area contributed by atoms with Gasteiger partial charge in [-0.3, -0.25) is 4.90 Å². The summed E-state index contributed by atoms with van der Waals surface area (Å²) in [6.45, 7) is 6.22. The summed E-state index contributed by atoms with van der Waals surface area (Å²) in [5.74, 6) is 0.659. The molecule has 0 radical (unpaired) electrons. The van der Waals surface area contributed by atoms with Gasteiger partial charge in [0.25, 0.3) is 0 Å². The van der Waals surface area contributed by atoms with E-state index in [4.69, 9.17) is 5.73 Å². The molecule has 2 N–H and O–H groups in total. The molecule has 1 aliphatic carbocycles. The Labute approximate surface area is 103 Å². The highest BCUT2D eigenvalue weighted by Crippen LogP contribution is 2.33. The molecule has 0 spiro atoms. The van der Waals surface area contributed by atoms with E-state index in [1.807, 2.05) is 6.07 Å². The Balaban J connectivity index is 2.14. The van der Waals surface area contributed by atoms with Crippen molar-refractivity contribution in [3.63, 3.8) is 0 Å². The van der Waals surface area contributed by atoms with Gasteiger partial charge in [-0.1, -0.05) is 13.8 Å². The Morgan fingerprint density at radius 3 is 2.71 bits per heavy atom. The average Bonchev–Trinajstić information content (AvgIpc) is 3.13. The average molecular weight is 234 g/mol. The maximum Gasteiger partial charge on any atom is 0.115 e. The van der Waals surface area contributed by atoms with Crippen LogP contribution in [-0.4, -0.2) is 34.0 Å². The van der Waals surface area contributed by atoms with E-state index < -0.39 is 0 Å². The van der Waals surface area contributed by atoms with Crippen molar-refractivity contribution in [2.45, 2.75) is 38.8 Å². The number of hydrogen-bond donors (Lipinski definition) is 1. The van der Waals surface area contributed by atoms with Crippen LogP contribution in [0.5, 0.6) is 0 Å². The molecule has 1 aliphatic rings. The Morgan fingerprint density at radius 1 is 1.47 bits per heavy atom. The predicted octanol–water partition coefficient (Wildman–Crippen LogP) is 1.60. The van der Waals surface area contributed by atoms with Crippen molar-refractivity contribution in [1.29, 1.82) is 0 Å². The molecule has 94 valence electrons. The van der Waals surface area contributed by atoms with Crippen molar-refractivity contribution in [2.75, 3.05) is 13.1 Å². The number of nitrogens with two attached hydrogens (primary N) is 1. The summed E-state index contributed by atoms with van der Waals surface area (Å²) < 4.78 is 0. The first-order valence-corrected chi connectivity index (χ1v) is 6.44. The van der Waals surface area contributed by atoms with Crippen molar-refractivity contribution >= 4 is 0 Å². The first-order chi connectivity index (χ1) is 8.22. The van der Waals surface area contributed by atoms with Crippen LogP contribution < -0.4 is 5.73 Å². The molecule has 4 nitrogen and oxygen atoms in total. The monoisotopic (exact) mass is 234 g/mol. The zero-order valence-electron chi connectivity index (χ0n) is 10.7. The van der Waals surface area contributed by atoms with E-state index in [1.54, 1.807) is 12.5 Å². The summed E-state index contributed by atoms with van der Waals surface area (Å²) in [6, 6.07) is 2.93. The summed E-state index contributed by atoms with van der Waals surface area (Å²) in [6.07, 6.45) is 6.01. The van der Waals surface area contributed by atoms with E-state index in [2.05, 4.69) is 28.7 Å². The van der Waals surface area contributed by atoms with Gasteiger partial charge in [0.05, 0.1) is 11.7 Å². The van der Waals surface area contributed by atoms with Gasteiger partial charge >= 0.3 is 0 Å². The van der Waals surface area contributed by atoms with Crippen molar-refractivity contribution in [3.05, 3.63) is 24.3 Å². The van der Waals surface area contributed by atoms with Gasteiger partial charge in [-0.05, 0) is 24.8 Å². The Kier molecular flexibility index (Phi) is 4.07. The molecule has 0 saturated heterocycles. The quantitative estimate of drug-likeness (QED) is 0.812. The molecule has 4 heteroatoms. The van der Waals surface area contributed by atoms with Crippen LogP contribution in [-0.2, 0) is 0 Å². The summed E-state index contributed by atoms with van der Waals surface area (Å²) in [7, 11) is 0. The first kappa shape index (κ1) is 12.5. The molecule has 1 aromatic rings. The number of aromatic nitrogens is 2. The number of hydrogen-bond acceptors (Lipinski definition) is 4. The fourth-order valence-corrected chi connectivity index (χ4v) is 2.28. The van der Waals surface area contributed by atoms with Gasteiger partial charge in [-0.25, -0.2) is 9.97 Å². The highest BCUT2D eigenvalue weighted by molar-refractivity contribution is 5.08. The number of nitrogens with zero attached hydrogens (tertiary/aromatic N) is 3. The van der Waals surface area contributed by atoms with Gasteiger partial charge in [-0.2, -0.15) is 0 Å². The molecule has 2 rings (SSSR count). The van der Waals surface area contributed by atoms with Crippen LogP contribution in [0.2, 0.25) is 0 Å². The number of rotatable bonds is 6. The van der Waals surface area contributed by atoms with Crippen LogP contribution in [0.25, 0.3) is 0 Å². The lowest BCUT2D eigenvalue weighted by Gasteiger charge is -2.31. The van der Waals surface area contributed by atoms with Crippen molar-refractivity contribution < 1.29 is 0 Å². The minimum absolute atomic E-state index is 0.243. The second-order valence-corrected chi connectivity index (χ2v) is 5.21. The standard InChI is InChI=1S/C13H22N4/c1-10(2)8-17(11-3-4-11)13(7-14)12-5-6-15-9-16-12/h5-6,9-11,13H,3-4,7-8,14H2,1-2H3. The van der Waals surface area contributed by atoms with Crippen molar-refractivity contribution in [3.8, 4) is 0 Å². The van der Waals surface area contributed by atoms with Crippen LogP contribution in [0.4, 0.5) is 0 Å². The van der Waals surface area contributed by atoms with E-state index in [0.29, 0.717) is 18.5 Å². The minimum Gasteiger partial charge on any atom is -0.329 e. The van der Waals surface area contributed by atoms with Gasteiger partial charge in [0, 0.05) is 25.3 Å². The maximum atomic E-state index is 5.94. The zero-order valence-corrected chi connectivity index (χ0v) is 10.7. The minimum atomic E-state index is 0.243. The molecule has 0 amide bonds. The predicted molar refractivity (Wildman–Crippen MR) is 68.4 cm³/mol. The van der Waals surface area contributed by atoms with E-state index in [1.165, 1.54) is 12.8 Å². The molecule has 1 unspecified atom stereocenters. The molecule has 1 atom stereocenters. The van der Waals surface area contributed by atoms with E-state index in [-0.39, 0.29) is 6.04 Å². The maximum absolute atomic E-state index is 5.94. The molecule has 0 aliphatic heterocycles. The fourth-order valence-electron chi connectivity index (χ4n) is 2.28. The zero-order chi connectivity index (χ0) is 12.3. The second kappa shape index (κ2) is 5.56.